The van der Waals surface area contributed by atoms with Crippen LogP contribution in [-0.2, 0) is 0 Å². The first-order chi connectivity index (χ1) is 18.5. The molecule has 0 atom stereocenters. The predicted molar refractivity (Wildman–Crippen MR) is 145 cm³/mol. The van der Waals surface area contributed by atoms with Crippen LogP contribution in [0.15, 0.2) is 114 Å². The van der Waals surface area contributed by atoms with Gasteiger partial charge < -0.3 is 8.83 Å². The van der Waals surface area contributed by atoms with Gasteiger partial charge >= 0.3 is 11.3 Å². The molecule has 0 bridgehead atoms. The van der Waals surface area contributed by atoms with Crippen LogP contribution in [0, 0.1) is 6.92 Å². The van der Waals surface area contributed by atoms with Gasteiger partial charge in [-0.1, -0.05) is 48.5 Å². The predicted octanol–water partition coefficient (Wildman–Crippen LogP) is 4.97. The molecule has 8 nitrogen and oxygen atoms in total. The first-order valence-corrected chi connectivity index (χ1v) is 12.5. The third-order valence-corrected chi connectivity index (χ3v) is 6.85. The molecule has 0 unspecified atom stereocenters. The lowest BCUT2D eigenvalue weighted by molar-refractivity contribution is 0.0949. The zero-order chi connectivity index (χ0) is 26.2. The fourth-order valence-corrected chi connectivity index (χ4v) is 5.07. The fourth-order valence-electron chi connectivity index (χ4n) is 4.21. The monoisotopic (exact) mass is 521 g/mol. The van der Waals surface area contributed by atoms with E-state index in [0.717, 1.165) is 16.6 Å². The number of para-hydroxylation sites is 2. The normalized spacial score (nSPS) is 11.8. The van der Waals surface area contributed by atoms with Crippen LogP contribution >= 0.6 is 11.3 Å². The van der Waals surface area contributed by atoms with E-state index in [9.17, 15) is 14.4 Å². The maximum atomic E-state index is 13.0. The summed E-state index contributed by atoms with van der Waals surface area (Å²) in [6, 6.07) is 25.1. The smallest absolute Gasteiger partial charge is 0.349 e. The van der Waals surface area contributed by atoms with Gasteiger partial charge in [-0.2, -0.15) is 0 Å². The van der Waals surface area contributed by atoms with Crippen molar-refractivity contribution in [1.82, 2.24) is 9.99 Å². The van der Waals surface area contributed by atoms with E-state index in [-0.39, 0.29) is 5.56 Å². The van der Waals surface area contributed by atoms with E-state index in [1.807, 2.05) is 43.3 Å². The summed E-state index contributed by atoms with van der Waals surface area (Å²) in [6.45, 7) is 1.96. The highest BCUT2D eigenvalue weighted by Crippen LogP contribution is 2.24. The minimum Gasteiger partial charge on any atom is -0.422 e. The van der Waals surface area contributed by atoms with Gasteiger partial charge in [-0.05, 0) is 48.9 Å². The Bertz CT molecular complexity index is 2050. The number of benzene rings is 3. The van der Waals surface area contributed by atoms with Crippen LogP contribution in [0.4, 0.5) is 0 Å². The molecule has 1 amide bonds. The Morgan fingerprint density at radius 3 is 2.26 bits per heavy atom. The SMILES string of the molecule is Cc1cccc(-n2c(-c3cc4ccccc4oc3=O)cs/c2=N/NC(=O)c2cc3ccccc3oc2=O)c1. The maximum Gasteiger partial charge on any atom is 0.349 e. The van der Waals surface area contributed by atoms with Gasteiger partial charge in [0.05, 0.1) is 11.3 Å². The van der Waals surface area contributed by atoms with Crippen LogP contribution in [0.5, 0.6) is 0 Å². The van der Waals surface area contributed by atoms with Gasteiger partial charge in [0.1, 0.15) is 16.7 Å². The number of aromatic nitrogens is 1. The summed E-state index contributed by atoms with van der Waals surface area (Å²) in [5.41, 5.74) is 4.58. The number of carbonyl (C=O) groups excluding carboxylic acids is 1. The zero-order valence-electron chi connectivity index (χ0n) is 20.0. The minimum absolute atomic E-state index is 0.165. The molecule has 3 aromatic carbocycles. The van der Waals surface area contributed by atoms with Gasteiger partial charge in [-0.25, -0.2) is 15.0 Å². The van der Waals surface area contributed by atoms with Gasteiger partial charge in [0.2, 0.25) is 4.80 Å². The molecule has 3 aromatic heterocycles. The summed E-state index contributed by atoms with van der Waals surface area (Å²) < 4.78 is 12.6. The number of carbonyl (C=O) groups is 1. The largest absolute Gasteiger partial charge is 0.422 e. The van der Waals surface area contributed by atoms with E-state index in [0.29, 0.717) is 32.6 Å². The van der Waals surface area contributed by atoms with Crippen molar-refractivity contribution in [1.29, 1.82) is 0 Å². The highest BCUT2D eigenvalue weighted by Gasteiger charge is 2.17. The number of thiazole rings is 1. The van der Waals surface area contributed by atoms with Crippen molar-refractivity contribution in [2.24, 2.45) is 5.10 Å². The second-order valence-corrected chi connectivity index (χ2v) is 9.44. The number of rotatable bonds is 4. The molecule has 0 spiro atoms. The number of nitrogens with one attached hydrogen (secondary N) is 1. The highest BCUT2D eigenvalue weighted by atomic mass is 32.1. The summed E-state index contributed by atoms with van der Waals surface area (Å²) in [5.74, 6) is -0.708. The second kappa shape index (κ2) is 9.45. The Balaban J connectivity index is 1.48. The third kappa shape index (κ3) is 4.25. The molecule has 0 aliphatic carbocycles. The Morgan fingerprint density at radius 2 is 1.53 bits per heavy atom. The van der Waals surface area contributed by atoms with Crippen LogP contribution in [0.1, 0.15) is 15.9 Å². The molecule has 0 saturated heterocycles. The van der Waals surface area contributed by atoms with Crippen molar-refractivity contribution in [3.63, 3.8) is 0 Å². The number of fused-ring (bicyclic) bond motifs is 2. The Kier molecular flexibility index (Phi) is 5.82. The number of nitrogens with zero attached hydrogens (tertiary/aromatic N) is 2. The number of hydrogen-bond acceptors (Lipinski definition) is 7. The van der Waals surface area contributed by atoms with Crippen molar-refractivity contribution in [3.8, 4) is 16.9 Å². The van der Waals surface area contributed by atoms with Gasteiger partial charge in [0.25, 0.3) is 5.91 Å². The molecular formula is C29H19N3O5S. The van der Waals surface area contributed by atoms with Crippen molar-refractivity contribution in [2.75, 3.05) is 0 Å². The van der Waals surface area contributed by atoms with Crippen molar-refractivity contribution in [2.45, 2.75) is 6.92 Å². The quantitative estimate of drug-likeness (QED) is 0.260. The van der Waals surface area contributed by atoms with Gasteiger partial charge in [0, 0.05) is 21.8 Å². The molecule has 6 rings (SSSR count). The molecular weight excluding hydrogens is 502 g/mol. The summed E-state index contributed by atoms with van der Waals surface area (Å²) in [4.78, 5) is 38.7. The van der Waals surface area contributed by atoms with E-state index in [1.54, 1.807) is 52.4 Å². The minimum atomic E-state index is -0.761. The molecule has 1 N–H and O–H groups in total. The van der Waals surface area contributed by atoms with Crippen LogP contribution in [0.3, 0.4) is 0 Å². The van der Waals surface area contributed by atoms with Gasteiger partial charge in [-0.15, -0.1) is 16.4 Å². The van der Waals surface area contributed by atoms with E-state index in [2.05, 4.69) is 10.5 Å². The van der Waals surface area contributed by atoms with E-state index >= 15 is 0 Å². The van der Waals surface area contributed by atoms with E-state index < -0.39 is 17.2 Å². The second-order valence-electron chi connectivity index (χ2n) is 8.60. The zero-order valence-corrected chi connectivity index (χ0v) is 20.8. The van der Waals surface area contributed by atoms with Crippen LogP contribution in [0.25, 0.3) is 38.9 Å². The number of hydrogen-bond donors (Lipinski definition) is 1. The Hall–Kier alpha value is -5.02. The average Bonchev–Trinajstić information content (AvgIpc) is 3.34. The molecule has 0 aliphatic heterocycles. The van der Waals surface area contributed by atoms with E-state index in [1.165, 1.54) is 17.4 Å². The van der Waals surface area contributed by atoms with Gasteiger partial charge in [0.15, 0.2) is 0 Å². The number of aryl methyl sites for hydroxylation is 1. The average molecular weight is 522 g/mol. The topological polar surface area (TPSA) is 107 Å². The fraction of sp³-hybridized carbons (Fsp3) is 0.0345. The van der Waals surface area contributed by atoms with Crippen molar-refractivity contribution >= 4 is 39.2 Å². The Labute approximate surface area is 218 Å². The van der Waals surface area contributed by atoms with Crippen molar-refractivity contribution in [3.05, 3.63) is 127 Å². The summed E-state index contributed by atoms with van der Waals surface area (Å²) in [7, 11) is 0. The Morgan fingerprint density at radius 1 is 0.842 bits per heavy atom. The lowest BCUT2D eigenvalue weighted by Crippen LogP contribution is -2.28. The molecule has 38 heavy (non-hydrogen) atoms. The first-order valence-electron chi connectivity index (χ1n) is 11.7. The lowest BCUT2D eigenvalue weighted by Gasteiger charge is -2.10. The summed E-state index contributed by atoms with van der Waals surface area (Å²) in [6.07, 6.45) is 0. The molecule has 186 valence electrons. The van der Waals surface area contributed by atoms with Crippen LogP contribution in [-0.4, -0.2) is 10.5 Å². The molecule has 0 fully saturated rings. The highest BCUT2D eigenvalue weighted by molar-refractivity contribution is 7.07. The summed E-state index contributed by atoms with van der Waals surface area (Å²) >= 11 is 1.23. The third-order valence-electron chi connectivity index (χ3n) is 6.02. The molecule has 9 heteroatoms. The maximum absolute atomic E-state index is 13.0. The molecule has 0 saturated carbocycles. The molecule has 3 heterocycles. The standard InChI is InChI=1S/C29H19N3O5S/c1-17-7-6-10-20(13-17)32-23(21-14-18-8-2-4-11-24(18)36-27(21)34)16-38-29(32)31-30-26(33)22-15-19-9-3-5-12-25(19)37-28(22)35/h2-16H,1H3,(H,30,33)/b31-29+. The van der Waals surface area contributed by atoms with Crippen LogP contribution < -0.4 is 21.5 Å². The molecule has 0 aliphatic rings. The van der Waals surface area contributed by atoms with Gasteiger partial charge in [-0.3, -0.25) is 9.36 Å². The van der Waals surface area contributed by atoms with Crippen molar-refractivity contribution < 1.29 is 13.6 Å². The van der Waals surface area contributed by atoms with E-state index in [4.69, 9.17) is 8.83 Å². The van der Waals surface area contributed by atoms with Crippen LogP contribution in [0.2, 0.25) is 0 Å². The molecule has 6 aromatic rings. The first kappa shape index (κ1) is 23.4. The summed E-state index contributed by atoms with van der Waals surface area (Å²) in [5, 5.41) is 7.49. The number of amides is 1. The lowest BCUT2D eigenvalue weighted by atomic mass is 10.1. The molecule has 0 radical (unpaired) electrons.